The Balaban J connectivity index is 1.72. The van der Waals surface area contributed by atoms with E-state index in [1.807, 2.05) is 36.4 Å². The molecule has 2 aromatic heterocycles. The number of ether oxygens (including phenoxy) is 1. The molecule has 3 aromatic rings. The van der Waals surface area contributed by atoms with Gasteiger partial charge in [-0.05, 0) is 17.7 Å². The number of pyridine rings is 1. The zero-order chi connectivity index (χ0) is 13.1. The van der Waals surface area contributed by atoms with E-state index in [0.29, 0.717) is 12.3 Å². The maximum absolute atomic E-state index is 12.0. The standard InChI is InChI=1S/C14H13N3O2/c18-14-16-9-5-4-8-13(16)15-17(14)11-19-10-12-6-2-1-3-7-12/h1-9H,10-11H2. The fourth-order valence-corrected chi connectivity index (χ4v) is 1.88. The minimum atomic E-state index is -0.191. The molecule has 19 heavy (non-hydrogen) atoms. The topological polar surface area (TPSA) is 48.5 Å². The smallest absolute Gasteiger partial charge is 0.352 e. The van der Waals surface area contributed by atoms with E-state index in [4.69, 9.17) is 4.74 Å². The van der Waals surface area contributed by atoms with Crippen LogP contribution in [-0.2, 0) is 18.1 Å². The Labute approximate surface area is 109 Å². The van der Waals surface area contributed by atoms with Crippen LogP contribution in [0, 0.1) is 0 Å². The predicted octanol–water partition coefficient (Wildman–Crippen LogP) is 1.67. The first kappa shape index (κ1) is 11.7. The van der Waals surface area contributed by atoms with Crippen LogP contribution in [0.5, 0.6) is 0 Å². The van der Waals surface area contributed by atoms with Gasteiger partial charge in [0.2, 0.25) is 0 Å². The van der Waals surface area contributed by atoms with Crippen LogP contribution in [0.2, 0.25) is 0 Å². The van der Waals surface area contributed by atoms with Crippen molar-refractivity contribution in [3.63, 3.8) is 0 Å². The molecule has 2 heterocycles. The lowest BCUT2D eigenvalue weighted by molar-refractivity contribution is 0.0539. The maximum Gasteiger partial charge on any atom is 0.352 e. The summed E-state index contributed by atoms with van der Waals surface area (Å²) in [5.41, 5.74) is 1.50. The van der Waals surface area contributed by atoms with Crippen LogP contribution in [0.4, 0.5) is 0 Å². The van der Waals surface area contributed by atoms with Crippen molar-refractivity contribution in [1.82, 2.24) is 14.2 Å². The Morgan fingerprint density at radius 1 is 1.05 bits per heavy atom. The second kappa shape index (κ2) is 5.07. The van der Waals surface area contributed by atoms with E-state index in [1.165, 1.54) is 9.08 Å². The Bertz CT molecular complexity index is 731. The number of hydrogen-bond donors (Lipinski definition) is 0. The molecule has 0 saturated carbocycles. The summed E-state index contributed by atoms with van der Waals surface area (Å²) >= 11 is 0. The zero-order valence-corrected chi connectivity index (χ0v) is 10.3. The Morgan fingerprint density at radius 2 is 1.84 bits per heavy atom. The van der Waals surface area contributed by atoms with Gasteiger partial charge in [-0.3, -0.25) is 4.40 Å². The molecule has 0 aliphatic heterocycles. The van der Waals surface area contributed by atoms with Crippen molar-refractivity contribution >= 4 is 5.65 Å². The van der Waals surface area contributed by atoms with Crippen molar-refractivity contribution in [2.45, 2.75) is 13.3 Å². The van der Waals surface area contributed by atoms with Crippen LogP contribution in [-0.4, -0.2) is 14.2 Å². The van der Waals surface area contributed by atoms with Gasteiger partial charge in [-0.1, -0.05) is 36.4 Å². The highest BCUT2D eigenvalue weighted by molar-refractivity contribution is 5.35. The summed E-state index contributed by atoms with van der Waals surface area (Å²) in [6.45, 7) is 0.608. The largest absolute Gasteiger partial charge is 0.354 e. The van der Waals surface area contributed by atoms with Gasteiger partial charge >= 0.3 is 5.69 Å². The van der Waals surface area contributed by atoms with Gasteiger partial charge in [0.15, 0.2) is 5.65 Å². The molecule has 0 N–H and O–H groups in total. The molecule has 1 aromatic carbocycles. The quantitative estimate of drug-likeness (QED) is 0.712. The van der Waals surface area contributed by atoms with Crippen LogP contribution >= 0.6 is 0 Å². The molecule has 3 rings (SSSR count). The fourth-order valence-electron chi connectivity index (χ4n) is 1.88. The van der Waals surface area contributed by atoms with Gasteiger partial charge in [-0.15, -0.1) is 5.10 Å². The number of aromatic nitrogens is 3. The summed E-state index contributed by atoms with van der Waals surface area (Å²) in [5.74, 6) is 0. The Kier molecular flexibility index (Phi) is 3.12. The van der Waals surface area contributed by atoms with Crippen molar-refractivity contribution in [1.29, 1.82) is 0 Å². The summed E-state index contributed by atoms with van der Waals surface area (Å²) in [6.07, 6.45) is 1.69. The first-order valence-electron chi connectivity index (χ1n) is 6.00. The highest BCUT2D eigenvalue weighted by Gasteiger charge is 2.05. The normalized spacial score (nSPS) is 10.9. The average Bonchev–Trinajstić information content (AvgIpc) is 2.78. The number of hydrogen-bond acceptors (Lipinski definition) is 3. The lowest BCUT2D eigenvalue weighted by Gasteiger charge is -2.02. The number of benzene rings is 1. The molecular formula is C14H13N3O2. The number of fused-ring (bicyclic) bond motifs is 1. The van der Waals surface area contributed by atoms with E-state index in [0.717, 1.165) is 5.56 Å². The van der Waals surface area contributed by atoms with Crippen LogP contribution in [0.25, 0.3) is 5.65 Å². The summed E-state index contributed by atoms with van der Waals surface area (Å²) in [4.78, 5) is 12.0. The SMILES string of the molecule is O=c1n(COCc2ccccc2)nc2ccccn12. The molecule has 5 nitrogen and oxygen atoms in total. The second-order valence-corrected chi connectivity index (χ2v) is 4.17. The summed E-state index contributed by atoms with van der Waals surface area (Å²) in [5, 5.41) is 4.19. The van der Waals surface area contributed by atoms with Crippen molar-refractivity contribution in [2.24, 2.45) is 0 Å². The van der Waals surface area contributed by atoms with Gasteiger partial charge in [0, 0.05) is 6.20 Å². The molecule has 5 heteroatoms. The first-order valence-corrected chi connectivity index (χ1v) is 6.00. The van der Waals surface area contributed by atoms with Gasteiger partial charge in [0.05, 0.1) is 6.61 Å². The third-order valence-electron chi connectivity index (χ3n) is 2.81. The molecule has 0 aliphatic carbocycles. The van der Waals surface area contributed by atoms with Crippen LogP contribution < -0.4 is 5.69 Å². The van der Waals surface area contributed by atoms with Crippen LogP contribution in [0.15, 0.2) is 59.5 Å². The van der Waals surface area contributed by atoms with E-state index in [2.05, 4.69) is 5.10 Å². The third-order valence-corrected chi connectivity index (χ3v) is 2.81. The minimum absolute atomic E-state index is 0.148. The van der Waals surface area contributed by atoms with Crippen molar-refractivity contribution in [3.8, 4) is 0 Å². The van der Waals surface area contributed by atoms with Crippen molar-refractivity contribution in [3.05, 3.63) is 70.8 Å². The average molecular weight is 255 g/mol. The molecule has 0 spiro atoms. The fraction of sp³-hybridized carbons (Fsp3) is 0.143. The van der Waals surface area contributed by atoms with Gasteiger partial charge in [-0.2, -0.15) is 4.68 Å². The lowest BCUT2D eigenvalue weighted by Crippen LogP contribution is -2.22. The van der Waals surface area contributed by atoms with E-state index >= 15 is 0 Å². The lowest BCUT2D eigenvalue weighted by atomic mass is 10.2. The molecule has 0 radical (unpaired) electrons. The van der Waals surface area contributed by atoms with Gasteiger partial charge < -0.3 is 4.74 Å². The molecule has 0 atom stereocenters. The van der Waals surface area contributed by atoms with Gasteiger partial charge in [0.1, 0.15) is 6.73 Å². The Hall–Kier alpha value is -2.40. The van der Waals surface area contributed by atoms with E-state index < -0.39 is 0 Å². The van der Waals surface area contributed by atoms with E-state index in [1.54, 1.807) is 18.3 Å². The van der Waals surface area contributed by atoms with E-state index in [-0.39, 0.29) is 12.4 Å². The minimum Gasteiger partial charge on any atom is -0.354 e. The molecule has 96 valence electrons. The Morgan fingerprint density at radius 3 is 2.63 bits per heavy atom. The molecule has 0 unspecified atom stereocenters. The molecule has 0 saturated heterocycles. The predicted molar refractivity (Wildman–Crippen MR) is 70.7 cm³/mol. The highest BCUT2D eigenvalue weighted by atomic mass is 16.5. The summed E-state index contributed by atoms with van der Waals surface area (Å²) in [7, 11) is 0. The summed E-state index contributed by atoms with van der Waals surface area (Å²) in [6, 6.07) is 15.2. The molecule has 0 fully saturated rings. The van der Waals surface area contributed by atoms with Crippen molar-refractivity contribution in [2.75, 3.05) is 0 Å². The molecule has 0 aliphatic rings. The molecular weight excluding hydrogens is 242 g/mol. The monoisotopic (exact) mass is 255 g/mol. The van der Waals surface area contributed by atoms with Gasteiger partial charge in [0.25, 0.3) is 0 Å². The zero-order valence-electron chi connectivity index (χ0n) is 10.3. The number of rotatable bonds is 4. The molecule has 0 amide bonds. The third kappa shape index (κ3) is 2.41. The van der Waals surface area contributed by atoms with Crippen LogP contribution in [0.3, 0.4) is 0 Å². The van der Waals surface area contributed by atoms with Crippen molar-refractivity contribution < 1.29 is 4.74 Å². The molecule has 0 bridgehead atoms. The summed E-state index contributed by atoms with van der Waals surface area (Å²) < 4.78 is 8.31. The maximum atomic E-state index is 12.0. The highest BCUT2D eigenvalue weighted by Crippen LogP contribution is 2.01. The van der Waals surface area contributed by atoms with Gasteiger partial charge in [-0.25, -0.2) is 4.79 Å². The van der Waals surface area contributed by atoms with E-state index in [9.17, 15) is 4.79 Å². The first-order chi connectivity index (χ1) is 9.34. The second-order valence-electron chi connectivity index (χ2n) is 4.17. The van der Waals surface area contributed by atoms with Crippen LogP contribution in [0.1, 0.15) is 5.56 Å². The number of nitrogens with zero attached hydrogens (tertiary/aromatic N) is 3.